The summed E-state index contributed by atoms with van der Waals surface area (Å²) in [6, 6.07) is 7.06. The molecule has 0 atom stereocenters. The van der Waals surface area contributed by atoms with Gasteiger partial charge < -0.3 is 0 Å². The summed E-state index contributed by atoms with van der Waals surface area (Å²) >= 11 is 1.99. The summed E-state index contributed by atoms with van der Waals surface area (Å²) in [5.74, 6) is -3.66. The number of halogens is 4. The Balaban J connectivity index is 2.14. The lowest BCUT2D eigenvalue weighted by Gasteiger charge is -2.13. The number of urea groups is 1. The molecule has 22 heavy (non-hydrogen) atoms. The molecule has 0 aliphatic carbocycles. The monoisotopic (exact) mass is 420 g/mol. The number of carbonyl (C=O) groups is 2. The van der Waals surface area contributed by atoms with Gasteiger partial charge in [0.2, 0.25) is 0 Å². The summed E-state index contributed by atoms with van der Waals surface area (Å²) in [6.45, 7) is 0. The Kier molecular flexibility index (Phi) is 5.01. The molecule has 0 fully saturated rings. The summed E-state index contributed by atoms with van der Waals surface area (Å²) in [6.07, 6.45) is 0. The van der Waals surface area contributed by atoms with Gasteiger partial charge >= 0.3 is 6.03 Å². The maximum absolute atomic E-state index is 13.8. The number of nitrogens with one attached hydrogen (secondary N) is 1. The maximum Gasteiger partial charge on any atom is 0.357 e. The molecular formula is C14H8F3IN2O2. The number of benzene rings is 2. The lowest BCUT2D eigenvalue weighted by atomic mass is 10.2. The van der Waals surface area contributed by atoms with Crippen molar-refractivity contribution in [2.75, 3.05) is 5.12 Å². The number of carbonyl (C=O) groups excluding carboxylic acids is 2. The fourth-order valence-electron chi connectivity index (χ4n) is 1.61. The van der Waals surface area contributed by atoms with E-state index in [1.54, 1.807) is 17.4 Å². The van der Waals surface area contributed by atoms with E-state index < -0.39 is 29.1 Å². The predicted octanol–water partition coefficient (Wildman–Crippen LogP) is 3.81. The third-order valence-corrected chi connectivity index (χ3v) is 3.36. The van der Waals surface area contributed by atoms with Crippen molar-refractivity contribution in [3.05, 3.63) is 63.2 Å². The van der Waals surface area contributed by atoms with E-state index in [2.05, 4.69) is 0 Å². The zero-order valence-corrected chi connectivity index (χ0v) is 13.0. The van der Waals surface area contributed by atoms with Crippen LogP contribution in [0.5, 0.6) is 0 Å². The van der Waals surface area contributed by atoms with Gasteiger partial charge in [0.25, 0.3) is 5.91 Å². The minimum Gasteiger partial charge on any atom is -0.271 e. The summed E-state index contributed by atoms with van der Waals surface area (Å²) in [5, 5.41) is 1.26. The van der Waals surface area contributed by atoms with E-state index in [1.165, 1.54) is 12.1 Å². The van der Waals surface area contributed by atoms with Crippen molar-refractivity contribution >= 4 is 40.2 Å². The van der Waals surface area contributed by atoms with Crippen LogP contribution in [0.15, 0.2) is 42.5 Å². The average Bonchev–Trinajstić information content (AvgIpc) is 2.47. The highest BCUT2D eigenvalue weighted by Crippen LogP contribution is 2.17. The number of nitrogens with zero attached hydrogens (tertiary/aromatic N) is 1. The van der Waals surface area contributed by atoms with Crippen LogP contribution in [-0.4, -0.2) is 11.9 Å². The number of amides is 3. The molecule has 3 amide bonds. The molecular weight excluding hydrogens is 412 g/mol. The SMILES string of the molecule is O=C(NC(=O)N(F)c1ccc(I)cc1)c1c(F)cccc1F. The first kappa shape index (κ1) is 16.3. The van der Waals surface area contributed by atoms with Crippen molar-refractivity contribution in [1.29, 1.82) is 0 Å². The Labute approximate surface area is 137 Å². The molecule has 0 saturated carbocycles. The van der Waals surface area contributed by atoms with Gasteiger partial charge in [0.15, 0.2) is 0 Å². The Morgan fingerprint density at radius 1 is 1.00 bits per heavy atom. The van der Waals surface area contributed by atoms with E-state index in [9.17, 15) is 22.9 Å². The molecule has 114 valence electrons. The minimum atomic E-state index is -1.45. The molecule has 0 saturated heterocycles. The van der Waals surface area contributed by atoms with Gasteiger partial charge in [-0.1, -0.05) is 10.5 Å². The number of hydrogen-bond acceptors (Lipinski definition) is 2. The molecule has 4 nitrogen and oxygen atoms in total. The van der Waals surface area contributed by atoms with Crippen molar-refractivity contribution in [3.63, 3.8) is 0 Å². The molecule has 2 aromatic rings. The van der Waals surface area contributed by atoms with E-state index in [0.717, 1.165) is 21.8 Å². The van der Waals surface area contributed by atoms with Crippen molar-refractivity contribution in [3.8, 4) is 0 Å². The Hall–Kier alpha value is -2.10. The molecule has 2 aromatic carbocycles. The van der Waals surface area contributed by atoms with Crippen LogP contribution in [-0.2, 0) is 0 Å². The Morgan fingerprint density at radius 2 is 1.55 bits per heavy atom. The first-order valence-electron chi connectivity index (χ1n) is 5.91. The van der Waals surface area contributed by atoms with Crippen molar-refractivity contribution < 1.29 is 22.9 Å². The second-order valence-corrected chi connectivity index (χ2v) is 5.36. The average molecular weight is 420 g/mol. The lowest BCUT2D eigenvalue weighted by Crippen LogP contribution is -2.39. The van der Waals surface area contributed by atoms with Crippen LogP contribution in [0.25, 0.3) is 0 Å². The van der Waals surface area contributed by atoms with Crippen LogP contribution in [0.3, 0.4) is 0 Å². The molecule has 0 bridgehead atoms. The van der Waals surface area contributed by atoms with E-state index in [-0.39, 0.29) is 10.8 Å². The standard InChI is InChI=1S/C14H8F3IN2O2/c15-10-2-1-3-11(16)12(10)13(21)19-14(22)20(17)9-6-4-8(18)5-7-9/h1-7H,(H,19,21,22). The molecule has 0 radical (unpaired) electrons. The first-order valence-corrected chi connectivity index (χ1v) is 6.99. The van der Waals surface area contributed by atoms with Crippen LogP contribution < -0.4 is 10.4 Å². The van der Waals surface area contributed by atoms with Crippen LogP contribution >= 0.6 is 22.6 Å². The number of anilines is 1. The Morgan fingerprint density at radius 3 is 2.09 bits per heavy atom. The topological polar surface area (TPSA) is 49.4 Å². The van der Waals surface area contributed by atoms with Gasteiger partial charge in [-0.05, 0) is 59.0 Å². The van der Waals surface area contributed by atoms with Gasteiger partial charge in [0, 0.05) is 3.57 Å². The second kappa shape index (κ2) is 6.77. The fourth-order valence-corrected chi connectivity index (χ4v) is 1.97. The van der Waals surface area contributed by atoms with Crippen molar-refractivity contribution in [2.45, 2.75) is 0 Å². The molecule has 0 aromatic heterocycles. The smallest absolute Gasteiger partial charge is 0.271 e. The van der Waals surface area contributed by atoms with Crippen LogP contribution in [0.2, 0.25) is 0 Å². The van der Waals surface area contributed by atoms with Gasteiger partial charge in [-0.3, -0.25) is 10.1 Å². The maximum atomic E-state index is 13.8. The zero-order valence-electron chi connectivity index (χ0n) is 10.8. The predicted molar refractivity (Wildman–Crippen MR) is 82.0 cm³/mol. The molecule has 0 heterocycles. The van der Waals surface area contributed by atoms with Crippen LogP contribution in [0.4, 0.5) is 23.7 Å². The van der Waals surface area contributed by atoms with Crippen LogP contribution in [0.1, 0.15) is 10.4 Å². The van der Waals surface area contributed by atoms with Crippen molar-refractivity contribution in [2.24, 2.45) is 0 Å². The highest BCUT2D eigenvalue weighted by molar-refractivity contribution is 14.1. The third-order valence-electron chi connectivity index (χ3n) is 2.64. The highest BCUT2D eigenvalue weighted by atomic mass is 127. The van der Waals surface area contributed by atoms with Gasteiger partial charge in [0.1, 0.15) is 17.2 Å². The normalized spacial score (nSPS) is 10.2. The van der Waals surface area contributed by atoms with Gasteiger partial charge in [0.05, 0.1) is 5.69 Å². The molecule has 0 unspecified atom stereocenters. The summed E-state index contributed by atoms with van der Waals surface area (Å²) in [7, 11) is 0. The molecule has 2 rings (SSSR count). The Bertz CT molecular complexity index is 702. The lowest BCUT2D eigenvalue weighted by molar-refractivity contribution is 0.0954. The molecule has 0 aliphatic rings. The van der Waals surface area contributed by atoms with Gasteiger partial charge in [-0.2, -0.15) is 0 Å². The van der Waals surface area contributed by atoms with E-state index in [4.69, 9.17) is 0 Å². The van der Waals surface area contributed by atoms with Gasteiger partial charge in [-0.25, -0.2) is 13.6 Å². The zero-order chi connectivity index (χ0) is 16.3. The molecule has 1 N–H and O–H groups in total. The first-order chi connectivity index (χ1) is 10.4. The summed E-state index contributed by atoms with van der Waals surface area (Å²) < 4.78 is 41.4. The van der Waals surface area contributed by atoms with E-state index >= 15 is 0 Å². The van der Waals surface area contributed by atoms with Crippen molar-refractivity contribution in [1.82, 2.24) is 5.32 Å². The third kappa shape index (κ3) is 3.56. The summed E-state index contributed by atoms with van der Waals surface area (Å²) in [4.78, 5) is 23.3. The minimum absolute atomic E-state index is 0.125. The molecule has 8 heteroatoms. The van der Waals surface area contributed by atoms with E-state index in [1.807, 2.05) is 22.6 Å². The number of hydrogen-bond donors (Lipinski definition) is 1. The van der Waals surface area contributed by atoms with Crippen LogP contribution in [0, 0.1) is 15.2 Å². The fraction of sp³-hybridized carbons (Fsp3) is 0. The number of imide groups is 1. The quantitative estimate of drug-likeness (QED) is 0.594. The molecule has 0 aliphatic heterocycles. The number of rotatable bonds is 2. The summed E-state index contributed by atoms with van der Waals surface area (Å²) in [5.41, 5.74) is -1.08. The van der Waals surface area contributed by atoms with Gasteiger partial charge in [-0.15, -0.1) is 5.12 Å². The second-order valence-electron chi connectivity index (χ2n) is 4.11. The highest BCUT2D eigenvalue weighted by Gasteiger charge is 2.23. The largest absolute Gasteiger partial charge is 0.357 e. The van der Waals surface area contributed by atoms with E-state index in [0.29, 0.717) is 0 Å². The molecule has 0 spiro atoms.